The van der Waals surface area contributed by atoms with E-state index in [0.717, 1.165) is 9.88 Å². The maximum atomic E-state index is 13.7. The summed E-state index contributed by atoms with van der Waals surface area (Å²) in [5.41, 5.74) is -0.745. The summed E-state index contributed by atoms with van der Waals surface area (Å²) < 4.78 is 53.7. The monoisotopic (exact) mass is 502 g/mol. The van der Waals surface area contributed by atoms with E-state index in [-0.39, 0.29) is 30.0 Å². The van der Waals surface area contributed by atoms with Crippen molar-refractivity contribution in [1.29, 1.82) is 0 Å². The van der Waals surface area contributed by atoms with Crippen LogP contribution in [0.3, 0.4) is 0 Å². The first-order valence-electron chi connectivity index (χ1n) is 7.67. The summed E-state index contributed by atoms with van der Waals surface area (Å²) in [6.45, 7) is 4.27. The van der Waals surface area contributed by atoms with Gasteiger partial charge in [0.05, 0.1) is 17.1 Å². The molecule has 0 fully saturated rings. The van der Waals surface area contributed by atoms with Crippen LogP contribution < -0.4 is 10.6 Å². The zero-order valence-corrected chi connectivity index (χ0v) is 17.4. The molecule has 1 heterocycles. The third-order valence-electron chi connectivity index (χ3n) is 3.24. The third kappa shape index (κ3) is 6.08. The number of hydrogen-bond donors (Lipinski definition) is 2. The Bertz CT molecular complexity index is 741. The maximum Gasteiger partial charge on any atom is 0.191 e. The molecule has 0 bridgehead atoms. The normalized spacial score (nSPS) is 11.2. The van der Waals surface area contributed by atoms with Gasteiger partial charge >= 0.3 is 0 Å². The highest BCUT2D eigenvalue weighted by Gasteiger charge is 2.18. The van der Waals surface area contributed by atoms with E-state index in [4.69, 9.17) is 0 Å². The van der Waals surface area contributed by atoms with Gasteiger partial charge in [0, 0.05) is 36.7 Å². The minimum Gasteiger partial charge on any atom is -0.357 e. The molecule has 1 aromatic carbocycles. The fourth-order valence-corrected chi connectivity index (χ4v) is 2.85. The first-order valence-corrected chi connectivity index (χ1v) is 8.49. The Hall–Kier alpha value is -1.43. The molecule has 0 aliphatic rings. The second kappa shape index (κ2) is 10.7. The number of hydrogen-bond acceptors (Lipinski definition) is 3. The Labute approximate surface area is 170 Å². The van der Waals surface area contributed by atoms with Crippen LogP contribution in [0.25, 0.3) is 0 Å². The van der Waals surface area contributed by atoms with Gasteiger partial charge in [0.1, 0.15) is 0 Å². The van der Waals surface area contributed by atoms with Crippen molar-refractivity contribution >= 4 is 41.3 Å². The number of benzene rings is 1. The van der Waals surface area contributed by atoms with Crippen LogP contribution in [0.2, 0.25) is 0 Å². The molecule has 1 aromatic heterocycles. The molecular weight excluding hydrogens is 483 g/mol. The molecule has 0 unspecified atom stereocenters. The molecule has 0 radical (unpaired) electrons. The number of aromatic nitrogens is 1. The van der Waals surface area contributed by atoms with Gasteiger partial charge in [0.25, 0.3) is 0 Å². The minimum atomic E-state index is -1.44. The largest absolute Gasteiger partial charge is 0.357 e. The van der Waals surface area contributed by atoms with Crippen molar-refractivity contribution < 1.29 is 17.6 Å². The number of rotatable bonds is 6. The molecule has 10 heteroatoms. The van der Waals surface area contributed by atoms with Crippen LogP contribution in [0.1, 0.15) is 22.4 Å². The fourth-order valence-electron chi connectivity index (χ4n) is 2.07. The smallest absolute Gasteiger partial charge is 0.191 e. The van der Waals surface area contributed by atoms with Crippen molar-refractivity contribution in [2.75, 3.05) is 13.1 Å². The van der Waals surface area contributed by atoms with Crippen LogP contribution in [-0.4, -0.2) is 24.0 Å². The summed E-state index contributed by atoms with van der Waals surface area (Å²) in [5, 5.41) is 6.84. The van der Waals surface area contributed by atoms with E-state index in [0.29, 0.717) is 25.5 Å². The Morgan fingerprint density at radius 3 is 2.35 bits per heavy atom. The van der Waals surface area contributed by atoms with E-state index >= 15 is 0 Å². The van der Waals surface area contributed by atoms with Crippen molar-refractivity contribution in [2.24, 2.45) is 4.99 Å². The zero-order valence-electron chi connectivity index (χ0n) is 14.2. The molecule has 2 N–H and O–H groups in total. The Morgan fingerprint density at radius 1 is 1.15 bits per heavy atom. The average molecular weight is 502 g/mol. The molecular formula is C16H19F4IN4S. The van der Waals surface area contributed by atoms with Crippen molar-refractivity contribution in [2.45, 2.75) is 26.8 Å². The van der Waals surface area contributed by atoms with E-state index < -0.39 is 35.4 Å². The number of aryl methyl sites for hydroxylation is 1. The number of aliphatic imine (C=N–C) groups is 1. The summed E-state index contributed by atoms with van der Waals surface area (Å²) in [4.78, 5) is 9.32. The van der Waals surface area contributed by atoms with E-state index in [2.05, 4.69) is 20.6 Å². The maximum absolute atomic E-state index is 13.7. The molecule has 0 spiro atoms. The van der Waals surface area contributed by atoms with Gasteiger partial charge in [-0.05, 0) is 13.8 Å². The van der Waals surface area contributed by atoms with Crippen LogP contribution >= 0.6 is 35.3 Å². The number of halogens is 5. The van der Waals surface area contributed by atoms with Gasteiger partial charge in [-0.25, -0.2) is 27.5 Å². The summed E-state index contributed by atoms with van der Waals surface area (Å²) in [7, 11) is 0. The van der Waals surface area contributed by atoms with Crippen molar-refractivity contribution in [3.8, 4) is 0 Å². The number of thiazole rings is 1. The molecule has 4 nitrogen and oxygen atoms in total. The van der Waals surface area contributed by atoms with Crippen molar-refractivity contribution in [1.82, 2.24) is 15.6 Å². The van der Waals surface area contributed by atoms with E-state index in [1.165, 1.54) is 0 Å². The Morgan fingerprint density at radius 2 is 1.81 bits per heavy atom. The summed E-state index contributed by atoms with van der Waals surface area (Å²) in [5.74, 6) is -5.46. The fraction of sp³-hybridized carbons (Fsp3) is 0.375. The number of nitrogens with one attached hydrogen (secondary N) is 2. The topological polar surface area (TPSA) is 49.3 Å². The summed E-state index contributed by atoms with van der Waals surface area (Å²) in [6, 6.07) is 0.178. The first-order chi connectivity index (χ1) is 11.9. The standard InChI is InChI=1S/C16H18F4N4S.HI/c1-3-21-16(22-5-4-13-23-7-9(2)25-13)24-8-10-14(19)11(17)6-12(18)15(10)20;/h6-7H,3-5,8H2,1-2H3,(H2,21,22,24);1H. The Balaban J connectivity index is 0.00000338. The molecule has 0 atom stereocenters. The molecule has 2 aromatic rings. The first kappa shape index (κ1) is 22.6. The molecule has 0 aliphatic heterocycles. The van der Waals surface area contributed by atoms with E-state index in [1.807, 2.05) is 13.8 Å². The summed E-state index contributed by atoms with van der Waals surface area (Å²) >= 11 is 1.58. The van der Waals surface area contributed by atoms with Crippen LogP contribution in [-0.2, 0) is 13.0 Å². The van der Waals surface area contributed by atoms with Crippen LogP contribution in [0.4, 0.5) is 17.6 Å². The second-order valence-electron chi connectivity index (χ2n) is 5.18. The summed E-state index contributed by atoms with van der Waals surface area (Å²) in [6.07, 6.45) is 2.43. The van der Waals surface area contributed by atoms with Gasteiger partial charge in [-0.2, -0.15) is 0 Å². The average Bonchev–Trinajstić information content (AvgIpc) is 2.98. The van der Waals surface area contributed by atoms with Gasteiger partial charge in [-0.15, -0.1) is 35.3 Å². The van der Waals surface area contributed by atoms with Crippen LogP contribution in [0, 0.1) is 30.2 Å². The molecule has 0 saturated carbocycles. The van der Waals surface area contributed by atoms with Crippen LogP contribution in [0.5, 0.6) is 0 Å². The molecule has 0 amide bonds. The lowest BCUT2D eigenvalue weighted by Gasteiger charge is -2.11. The van der Waals surface area contributed by atoms with Gasteiger partial charge in [-0.1, -0.05) is 0 Å². The SMILES string of the molecule is CCNC(=NCc1c(F)c(F)cc(F)c1F)NCCc1ncc(C)s1.I. The van der Waals surface area contributed by atoms with Gasteiger partial charge < -0.3 is 10.6 Å². The predicted octanol–water partition coefficient (Wildman–Crippen LogP) is 3.92. The third-order valence-corrected chi connectivity index (χ3v) is 4.22. The lowest BCUT2D eigenvalue weighted by molar-refractivity contribution is 0.439. The number of guanidine groups is 1. The molecule has 26 heavy (non-hydrogen) atoms. The predicted molar refractivity (Wildman–Crippen MR) is 105 cm³/mol. The van der Waals surface area contributed by atoms with Crippen LogP contribution in [0.15, 0.2) is 17.3 Å². The quantitative estimate of drug-likeness (QED) is 0.207. The van der Waals surface area contributed by atoms with Crippen molar-refractivity contribution in [3.63, 3.8) is 0 Å². The highest BCUT2D eigenvalue weighted by Crippen LogP contribution is 2.20. The minimum absolute atomic E-state index is 0. The Kier molecular flexibility index (Phi) is 9.27. The lowest BCUT2D eigenvalue weighted by Crippen LogP contribution is -2.38. The van der Waals surface area contributed by atoms with E-state index in [9.17, 15) is 17.6 Å². The highest BCUT2D eigenvalue weighted by atomic mass is 127. The molecule has 144 valence electrons. The zero-order chi connectivity index (χ0) is 18.4. The van der Waals surface area contributed by atoms with Gasteiger partial charge in [0.15, 0.2) is 29.2 Å². The van der Waals surface area contributed by atoms with Gasteiger partial charge in [0.2, 0.25) is 0 Å². The van der Waals surface area contributed by atoms with Gasteiger partial charge in [-0.3, -0.25) is 0 Å². The van der Waals surface area contributed by atoms with Crippen molar-refractivity contribution in [3.05, 3.63) is 51.0 Å². The second-order valence-corrected chi connectivity index (χ2v) is 6.50. The lowest BCUT2D eigenvalue weighted by atomic mass is 10.2. The highest BCUT2D eigenvalue weighted by molar-refractivity contribution is 14.0. The van der Waals surface area contributed by atoms with E-state index in [1.54, 1.807) is 17.5 Å². The molecule has 0 saturated heterocycles. The molecule has 2 rings (SSSR count). The molecule has 0 aliphatic carbocycles. The number of nitrogens with zero attached hydrogens (tertiary/aromatic N) is 2.